The van der Waals surface area contributed by atoms with Gasteiger partial charge in [0.2, 0.25) is 0 Å². The molecule has 0 aromatic heterocycles. The van der Waals surface area contributed by atoms with E-state index in [1.165, 1.54) is 193 Å². The molecule has 19 heteroatoms. The maximum absolute atomic E-state index is 13.0. The van der Waals surface area contributed by atoms with Gasteiger partial charge in [-0.25, -0.2) is 9.13 Å². The number of rotatable bonds is 72. The van der Waals surface area contributed by atoms with Crippen LogP contribution in [0, 0.1) is 5.92 Å². The Balaban J connectivity index is 5.15. The summed E-state index contributed by atoms with van der Waals surface area (Å²) in [5.41, 5.74) is 0. The van der Waals surface area contributed by atoms with Gasteiger partial charge in [-0.2, -0.15) is 0 Å². The van der Waals surface area contributed by atoms with Crippen molar-refractivity contribution >= 4 is 39.5 Å². The molecule has 0 aliphatic heterocycles. The van der Waals surface area contributed by atoms with Crippen LogP contribution in [-0.4, -0.2) is 96.7 Å². The van der Waals surface area contributed by atoms with Crippen molar-refractivity contribution in [2.45, 2.75) is 393 Å². The van der Waals surface area contributed by atoms with Gasteiger partial charge in [-0.05, 0) is 31.6 Å². The van der Waals surface area contributed by atoms with Crippen molar-refractivity contribution in [2.75, 3.05) is 39.6 Å². The van der Waals surface area contributed by atoms with Gasteiger partial charge in [0.25, 0.3) is 0 Å². The molecule has 0 spiro atoms. The zero-order valence-corrected chi connectivity index (χ0v) is 60.8. The third kappa shape index (κ3) is 65.1. The lowest BCUT2D eigenvalue weighted by Crippen LogP contribution is -2.30. The minimum Gasteiger partial charge on any atom is -0.462 e. The van der Waals surface area contributed by atoms with Gasteiger partial charge in [-0.3, -0.25) is 37.3 Å². The van der Waals surface area contributed by atoms with Gasteiger partial charge in [0, 0.05) is 25.7 Å². The number of aliphatic hydroxyl groups is 1. The van der Waals surface area contributed by atoms with Crippen LogP contribution in [0.5, 0.6) is 0 Å². The maximum Gasteiger partial charge on any atom is 0.472 e. The molecule has 0 rings (SSSR count). The molecule has 0 saturated carbocycles. The predicted molar refractivity (Wildman–Crippen MR) is 368 cm³/mol. The van der Waals surface area contributed by atoms with Crippen LogP contribution >= 0.6 is 15.6 Å². The lowest BCUT2D eigenvalue weighted by atomic mass is 9.99. The Kier molecular flexibility index (Phi) is 64.0. The highest BCUT2D eigenvalue weighted by Gasteiger charge is 2.30. The minimum absolute atomic E-state index is 0.107. The molecular weight excluding hydrogens is 1200 g/mol. The highest BCUT2D eigenvalue weighted by atomic mass is 31.2. The van der Waals surface area contributed by atoms with Gasteiger partial charge in [-0.15, -0.1) is 0 Å². The van der Waals surface area contributed by atoms with E-state index in [0.717, 1.165) is 102 Å². The monoisotopic (exact) mass is 1340 g/mol. The van der Waals surface area contributed by atoms with Crippen LogP contribution in [0.3, 0.4) is 0 Å². The van der Waals surface area contributed by atoms with Crippen molar-refractivity contribution in [2.24, 2.45) is 5.92 Å². The Morgan fingerprint density at radius 1 is 0.308 bits per heavy atom. The number of ether oxygens (including phenoxy) is 4. The summed E-state index contributed by atoms with van der Waals surface area (Å²) >= 11 is 0. The molecule has 0 aromatic rings. The van der Waals surface area contributed by atoms with Crippen LogP contribution in [0.1, 0.15) is 375 Å². The second-order valence-electron chi connectivity index (χ2n) is 26.2. The zero-order valence-electron chi connectivity index (χ0n) is 59.0. The number of hydrogen-bond acceptors (Lipinski definition) is 15. The van der Waals surface area contributed by atoms with Gasteiger partial charge >= 0.3 is 39.5 Å². The van der Waals surface area contributed by atoms with E-state index in [4.69, 9.17) is 37.0 Å². The number of unbranched alkanes of at least 4 members (excludes halogenated alkanes) is 43. The molecule has 0 fully saturated rings. The molecule has 540 valence electrons. The number of phosphoric ester groups is 2. The number of phosphoric acid groups is 2. The fourth-order valence-electron chi connectivity index (χ4n) is 11.0. The number of esters is 4. The average molecular weight is 1340 g/mol. The molecule has 91 heavy (non-hydrogen) atoms. The Morgan fingerprint density at radius 2 is 0.527 bits per heavy atom. The number of carbonyl (C=O) groups excluding carboxylic acids is 4. The predicted octanol–water partition coefficient (Wildman–Crippen LogP) is 20.9. The minimum atomic E-state index is -4.95. The lowest BCUT2D eigenvalue weighted by Gasteiger charge is -2.21. The normalized spacial score (nSPS) is 14.3. The van der Waals surface area contributed by atoms with Gasteiger partial charge in [-0.1, -0.05) is 324 Å². The van der Waals surface area contributed by atoms with E-state index in [0.29, 0.717) is 25.7 Å². The average Bonchev–Trinajstić information content (AvgIpc) is 3.73. The summed E-state index contributed by atoms with van der Waals surface area (Å²) < 4.78 is 68.2. The molecule has 0 aromatic carbocycles. The van der Waals surface area contributed by atoms with Gasteiger partial charge in [0.05, 0.1) is 26.4 Å². The molecule has 0 bridgehead atoms. The molecule has 3 unspecified atom stereocenters. The van der Waals surface area contributed by atoms with E-state index >= 15 is 0 Å². The Morgan fingerprint density at radius 3 is 0.780 bits per heavy atom. The quantitative estimate of drug-likeness (QED) is 0.0222. The standard InChI is InChI=1S/C72H140O17P2/c1-6-10-13-16-18-20-22-24-25-30-33-37-41-46-51-56-70(75)83-62-68(89-72(77)58-53-48-43-39-35-31-27-26-29-32-36-40-45-49-54-65(5)9-4)64-87-91(80,81)85-60-66(73)59-84-90(78,79)86-63-67(61-82-69(74)55-50-44-15-12-8-3)88-71(76)57-52-47-42-38-34-28-23-21-19-17-14-11-7-2/h65-68,73H,6-64H2,1-5H3,(H,78,79)(H,80,81)/t65?,66-,67+,68+/m0/s1. The van der Waals surface area contributed by atoms with E-state index in [9.17, 15) is 43.2 Å². The molecule has 3 N–H and O–H groups in total. The second kappa shape index (κ2) is 65.4. The summed E-state index contributed by atoms with van der Waals surface area (Å²) in [5, 5.41) is 10.6. The van der Waals surface area contributed by atoms with Crippen LogP contribution in [0.25, 0.3) is 0 Å². The summed E-state index contributed by atoms with van der Waals surface area (Å²) in [5.74, 6) is -1.28. The largest absolute Gasteiger partial charge is 0.472 e. The van der Waals surface area contributed by atoms with Crippen LogP contribution in [0.15, 0.2) is 0 Å². The molecule has 17 nitrogen and oxygen atoms in total. The van der Waals surface area contributed by atoms with E-state index in [1.54, 1.807) is 0 Å². The summed E-state index contributed by atoms with van der Waals surface area (Å²) in [4.78, 5) is 72.4. The summed E-state index contributed by atoms with van der Waals surface area (Å²) in [7, 11) is -9.89. The topological polar surface area (TPSA) is 237 Å². The van der Waals surface area contributed by atoms with E-state index in [1.807, 2.05) is 0 Å². The smallest absolute Gasteiger partial charge is 0.462 e. The van der Waals surface area contributed by atoms with Crippen LogP contribution in [0.2, 0.25) is 0 Å². The lowest BCUT2D eigenvalue weighted by molar-refractivity contribution is -0.161. The SMILES string of the molecule is CCCCCCCCCCCCCCCCCC(=O)OC[C@H](COP(=O)(O)OC[C@@H](O)COP(=O)(O)OC[C@@H](COC(=O)CCCCCCC)OC(=O)CCCCCCCCCCCCCCC)OC(=O)CCCCCCCCCCCCCCCCC(C)CC. The Labute approximate surface area is 556 Å². The number of hydrogen-bond donors (Lipinski definition) is 3. The van der Waals surface area contributed by atoms with Crippen LogP contribution < -0.4 is 0 Å². The second-order valence-corrected chi connectivity index (χ2v) is 29.1. The van der Waals surface area contributed by atoms with Crippen LogP contribution in [-0.2, 0) is 65.4 Å². The molecule has 6 atom stereocenters. The summed E-state index contributed by atoms with van der Waals surface area (Å²) in [6.45, 7) is 7.24. The van der Waals surface area contributed by atoms with E-state index in [-0.39, 0.29) is 25.7 Å². The van der Waals surface area contributed by atoms with Crippen molar-refractivity contribution in [3.05, 3.63) is 0 Å². The van der Waals surface area contributed by atoms with E-state index < -0.39 is 97.5 Å². The maximum atomic E-state index is 13.0. The molecule has 0 amide bonds. The molecule has 0 heterocycles. The van der Waals surface area contributed by atoms with Crippen molar-refractivity contribution < 1.29 is 80.2 Å². The van der Waals surface area contributed by atoms with Gasteiger partial charge in [0.15, 0.2) is 12.2 Å². The third-order valence-electron chi connectivity index (χ3n) is 17.1. The molecule has 0 radical (unpaired) electrons. The molecule has 0 aliphatic rings. The Hall–Kier alpha value is -1.94. The first-order valence-corrected chi connectivity index (χ1v) is 40.7. The number of carbonyl (C=O) groups is 4. The summed E-state index contributed by atoms with van der Waals surface area (Å²) in [6, 6.07) is 0. The van der Waals surface area contributed by atoms with Gasteiger partial charge < -0.3 is 33.8 Å². The van der Waals surface area contributed by atoms with Gasteiger partial charge in [0.1, 0.15) is 19.3 Å². The molecule has 0 saturated heterocycles. The van der Waals surface area contributed by atoms with Crippen LogP contribution in [0.4, 0.5) is 0 Å². The molecular formula is C72H140O17P2. The van der Waals surface area contributed by atoms with Crippen molar-refractivity contribution in [1.82, 2.24) is 0 Å². The highest BCUT2D eigenvalue weighted by Crippen LogP contribution is 2.45. The fraction of sp³-hybridized carbons (Fsp3) is 0.944. The first kappa shape index (κ1) is 89.1. The van der Waals surface area contributed by atoms with Crippen molar-refractivity contribution in [1.29, 1.82) is 0 Å². The first-order chi connectivity index (χ1) is 44.1. The zero-order chi connectivity index (χ0) is 67.0. The van der Waals surface area contributed by atoms with Crippen molar-refractivity contribution in [3.8, 4) is 0 Å². The fourth-order valence-corrected chi connectivity index (χ4v) is 12.5. The third-order valence-corrected chi connectivity index (χ3v) is 19.0. The Bertz CT molecular complexity index is 1760. The van der Waals surface area contributed by atoms with E-state index in [2.05, 4.69) is 34.6 Å². The summed E-state index contributed by atoms with van der Waals surface area (Å²) in [6.07, 6.45) is 52.9. The highest BCUT2D eigenvalue weighted by molar-refractivity contribution is 7.47. The first-order valence-electron chi connectivity index (χ1n) is 37.7. The molecule has 0 aliphatic carbocycles. The number of aliphatic hydroxyl groups excluding tert-OH is 1. The van der Waals surface area contributed by atoms with Crippen molar-refractivity contribution in [3.63, 3.8) is 0 Å².